The summed E-state index contributed by atoms with van der Waals surface area (Å²) in [5.74, 6) is -1.30. The Morgan fingerprint density at radius 2 is 1.42 bits per heavy atom. The lowest BCUT2D eigenvalue weighted by Gasteiger charge is -1.94. The highest BCUT2D eigenvalue weighted by molar-refractivity contribution is 5.97. The fourth-order valence-electron chi connectivity index (χ4n) is 0.945. The molecule has 0 unspecified atom stereocenters. The predicted molar refractivity (Wildman–Crippen MR) is 37.3 cm³/mol. The minimum absolute atomic E-state index is 0.318. The summed E-state index contributed by atoms with van der Waals surface area (Å²) in [6.07, 6.45) is 0. The lowest BCUT2D eigenvalue weighted by Crippen LogP contribution is -2.05. The largest absolute Gasteiger partial charge is 0.386 e. The molecule has 1 aliphatic heterocycles. The maximum absolute atomic E-state index is 10.9. The molecule has 2 rings (SSSR count). The number of hydrogen-bond donors (Lipinski definition) is 0. The van der Waals surface area contributed by atoms with Crippen LogP contribution in [0.25, 0.3) is 0 Å². The minimum Gasteiger partial charge on any atom is -0.242 e. The van der Waals surface area contributed by atoms with Crippen molar-refractivity contribution in [1.82, 2.24) is 0 Å². The van der Waals surface area contributed by atoms with Gasteiger partial charge in [0.05, 0.1) is 11.1 Å². The summed E-state index contributed by atoms with van der Waals surface area (Å²) < 4.78 is 0. The molecule has 0 atom stereocenters. The van der Waals surface area contributed by atoms with Crippen LogP contribution in [-0.2, 0) is 9.78 Å². The van der Waals surface area contributed by atoms with Gasteiger partial charge in [0.15, 0.2) is 0 Å². The van der Waals surface area contributed by atoms with E-state index in [1.807, 2.05) is 0 Å². The molecule has 0 amide bonds. The van der Waals surface area contributed by atoms with Crippen molar-refractivity contribution >= 4 is 11.9 Å². The lowest BCUT2D eigenvalue weighted by molar-refractivity contribution is -0.186. The Hall–Kier alpha value is -1.84. The first kappa shape index (κ1) is 6.84. The SMILES string of the molecule is O=C1OOC(=O)c2cccc1c2. The number of benzene rings is 1. The summed E-state index contributed by atoms with van der Waals surface area (Å²) in [4.78, 5) is 30.2. The molecule has 4 nitrogen and oxygen atoms in total. The summed E-state index contributed by atoms with van der Waals surface area (Å²) in [5, 5.41) is 0. The van der Waals surface area contributed by atoms with Crippen LogP contribution in [-0.4, -0.2) is 11.9 Å². The number of hydrogen-bond acceptors (Lipinski definition) is 4. The normalized spacial score (nSPS) is 14.7. The van der Waals surface area contributed by atoms with E-state index in [1.54, 1.807) is 18.2 Å². The van der Waals surface area contributed by atoms with Crippen molar-refractivity contribution < 1.29 is 19.4 Å². The molecule has 12 heavy (non-hydrogen) atoms. The average Bonchev–Trinajstić information content (AvgIpc) is 2.20. The van der Waals surface area contributed by atoms with E-state index in [4.69, 9.17) is 0 Å². The average molecular weight is 164 g/mol. The molecule has 1 heterocycles. The van der Waals surface area contributed by atoms with E-state index in [0.717, 1.165) is 0 Å². The Kier molecular flexibility index (Phi) is 1.33. The second-order valence-corrected chi connectivity index (χ2v) is 2.32. The van der Waals surface area contributed by atoms with E-state index in [0.29, 0.717) is 11.1 Å². The van der Waals surface area contributed by atoms with Crippen LogP contribution in [0.5, 0.6) is 0 Å². The zero-order chi connectivity index (χ0) is 8.55. The molecule has 0 aliphatic carbocycles. The van der Waals surface area contributed by atoms with Crippen LogP contribution in [0.3, 0.4) is 0 Å². The third kappa shape index (κ3) is 0.934. The molecule has 2 bridgehead atoms. The molecular formula is C8H4O4. The van der Waals surface area contributed by atoms with Crippen LogP contribution < -0.4 is 0 Å². The van der Waals surface area contributed by atoms with E-state index in [2.05, 4.69) is 9.78 Å². The van der Waals surface area contributed by atoms with Gasteiger partial charge >= 0.3 is 11.9 Å². The van der Waals surface area contributed by atoms with Gasteiger partial charge in [-0.25, -0.2) is 19.4 Å². The van der Waals surface area contributed by atoms with Crippen molar-refractivity contribution in [3.05, 3.63) is 35.4 Å². The topological polar surface area (TPSA) is 52.6 Å². The van der Waals surface area contributed by atoms with Crippen LogP contribution in [0, 0.1) is 0 Å². The molecule has 0 saturated heterocycles. The third-order valence-electron chi connectivity index (χ3n) is 1.53. The first-order chi connectivity index (χ1) is 5.77. The van der Waals surface area contributed by atoms with Gasteiger partial charge < -0.3 is 0 Å². The number of fused-ring (bicyclic) bond motifs is 2. The molecule has 0 aromatic heterocycles. The highest BCUT2D eigenvalue weighted by Crippen LogP contribution is 2.12. The zero-order valence-electron chi connectivity index (χ0n) is 5.94. The lowest BCUT2D eigenvalue weighted by atomic mass is 10.1. The van der Waals surface area contributed by atoms with Gasteiger partial charge in [0, 0.05) is 0 Å². The van der Waals surface area contributed by atoms with Gasteiger partial charge in [0.25, 0.3) is 0 Å². The van der Waals surface area contributed by atoms with Gasteiger partial charge in [-0.1, -0.05) is 6.07 Å². The summed E-state index contributed by atoms with van der Waals surface area (Å²) in [6.45, 7) is 0. The van der Waals surface area contributed by atoms with E-state index < -0.39 is 11.9 Å². The Labute approximate surface area is 67.6 Å². The van der Waals surface area contributed by atoms with Gasteiger partial charge in [-0.15, -0.1) is 0 Å². The van der Waals surface area contributed by atoms with E-state index in [9.17, 15) is 9.59 Å². The first-order valence-electron chi connectivity index (χ1n) is 3.30. The first-order valence-corrected chi connectivity index (χ1v) is 3.30. The number of carbonyl (C=O) groups is 2. The Morgan fingerprint density at radius 1 is 0.917 bits per heavy atom. The van der Waals surface area contributed by atoms with Crippen molar-refractivity contribution in [2.45, 2.75) is 0 Å². The summed E-state index contributed by atoms with van der Waals surface area (Å²) in [5.41, 5.74) is 0.636. The van der Waals surface area contributed by atoms with Gasteiger partial charge in [0.1, 0.15) is 0 Å². The van der Waals surface area contributed by atoms with E-state index in [-0.39, 0.29) is 0 Å². The fraction of sp³-hybridized carbons (Fsp3) is 0. The Morgan fingerprint density at radius 3 is 1.92 bits per heavy atom. The smallest absolute Gasteiger partial charge is 0.242 e. The number of carbonyl (C=O) groups excluding carboxylic acids is 2. The van der Waals surface area contributed by atoms with Gasteiger partial charge in [0.2, 0.25) is 0 Å². The van der Waals surface area contributed by atoms with Crippen molar-refractivity contribution in [2.24, 2.45) is 0 Å². The summed E-state index contributed by atoms with van der Waals surface area (Å²) >= 11 is 0. The van der Waals surface area contributed by atoms with Crippen molar-refractivity contribution in [3.63, 3.8) is 0 Å². The van der Waals surface area contributed by atoms with E-state index in [1.165, 1.54) is 6.07 Å². The molecule has 1 aliphatic rings. The highest BCUT2D eigenvalue weighted by atomic mass is 17.2. The summed E-state index contributed by atoms with van der Waals surface area (Å²) in [6, 6.07) is 6.12. The van der Waals surface area contributed by atoms with Crippen molar-refractivity contribution in [2.75, 3.05) is 0 Å². The van der Waals surface area contributed by atoms with Crippen LogP contribution in [0.15, 0.2) is 24.3 Å². The molecule has 4 heteroatoms. The molecule has 0 saturated carbocycles. The maximum atomic E-state index is 10.9. The molecule has 0 N–H and O–H groups in total. The van der Waals surface area contributed by atoms with Crippen molar-refractivity contribution in [1.29, 1.82) is 0 Å². The second-order valence-electron chi connectivity index (χ2n) is 2.32. The van der Waals surface area contributed by atoms with Crippen LogP contribution in [0.2, 0.25) is 0 Å². The number of rotatable bonds is 0. The van der Waals surface area contributed by atoms with Gasteiger partial charge in [-0.2, -0.15) is 0 Å². The quantitative estimate of drug-likeness (QED) is 0.535. The molecule has 1 aromatic rings. The van der Waals surface area contributed by atoms with Crippen LogP contribution in [0.1, 0.15) is 20.7 Å². The van der Waals surface area contributed by atoms with Crippen molar-refractivity contribution in [3.8, 4) is 0 Å². The Balaban J connectivity index is 2.58. The predicted octanol–water partition coefficient (Wildman–Crippen LogP) is 0.929. The molecule has 0 spiro atoms. The van der Waals surface area contributed by atoms with Gasteiger partial charge in [-0.3, -0.25) is 0 Å². The summed E-state index contributed by atoms with van der Waals surface area (Å²) in [7, 11) is 0. The van der Waals surface area contributed by atoms with Crippen LogP contribution in [0.4, 0.5) is 0 Å². The standard InChI is InChI=1S/C8H4O4/c9-7-5-2-1-3-6(4-5)8(10)12-11-7/h1-4H. The molecular weight excluding hydrogens is 160 g/mol. The molecule has 0 fully saturated rings. The maximum Gasteiger partial charge on any atom is 0.386 e. The third-order valence-corrected chi connectivity index (χ3v) is 1.53. The second kappa shape index (κ2) is 2.34. The Bertz CT molecular complexity index is 325. The molecule has 1 aromatic carbocycles. The molecule has 0 radical (unpaired) electrons. The molecule has 60 valence electrons. The fourth-order valence-corrected chi connectivity index (χ4v) is 0.945. The minimum atomic E-state index is -0.650. The van der Waals surface area contributed by atoms with E-state index >= 15 is 0 Å². The zero-order valence-corrected chi connectivity index (χ0v) is 5.94. The highest BCUT2D eigenvalue weighted by Gasteiger charge is 2.19. The van der Waals surface area contributed by atoms with Gasteiger partial charge in [-0.05, 0) is 18.2 Å². The van der Waals surface area contributed by atoms with Crippen LogP contribution >= 0.6 is 0 Å². The monoisotopic (exact) mass is 164 g/mol.